The highest BCUT2D eigenvalue weighted by Gasteiger charge is 2.17. The van der Waals surface area contributed by atoms with Crippen LogP contribution in [-0.2, 0) is 15.8 Å². The molecule has 0 bridgehead atoms. The van der Waals surface area contributed by atoms with E-state index in [9.17, 15) is 8.42 Å². The number of hydrogen-bond acceptors (Lipinski definition) is 4. The Bertz CT molecular complexity index is 700. The van der Waals surface area contributed by atoms with E-state index in [1.54, 1.807) is 43.6 Å². The topological polar surface area (TPSA) is 98.6 Å². The first-order valence-electron chi connectivity index (χ1n) is 5.98. The quantitative estimate of drug-likeness (QED) is 0.870. The molecule has 1 aromatic heterocycles. The van der Waals surface area contributed by atoms with Gasteiger partial charge in [-0.1, -0.05) is 12.1 Å². The molecule has 1 atom stereocenters. The zero-order chi connectivity index (χ0) is 14.6. The van der Waals surface area contributed by atoms with Crippen LogP contribution < -0.4 is 4.72 Å². The summed E-state index contributed by atoms with van der Waals surface area (Å²) in [6, 6.07) is 8.12. The molecule has 0 aliphatic carbocycles. The number of nitrogens with zero attached hydrogens (tertiary/aromatic N) is 2. The Morgan fingerprint density at radius 1 is 1.40 bits per heavy atom. The van der Waals surface area contributed by atoms with E-state index < -0.39 is 10.0 Å². The van der Waals surface area contributed by atoms with Gasteiger partial charge in [0.05, 0.1) is 23.6 Å². The van der Waals surface area contributed by atoms with Gasteiger partial charge < -0.3 is 0 Å². The smallest absolute Gasteiger partial charge is 0.216 e. The Balaban J connectivity index is 2.05. The van der Waals surface area contributed by atoms with Crippen molar-refractivity contribution in [2.24, 2.45) is 0 Å². The second-order valence-corrected chi connectivity index (χ2v) is 6.19. The molecule has 0 saturated carbocycles. The first-order valence-corrected chi connectivity index (χ1v) is 7.63. The molecule has 0 aliphatic rings. The van der Waals surface area contributed by atoms with Crippen LogP contribution in [0.4, 0.5) is 0 Å². The molecule has 104 valence electrons. The van der Waals surface area contributed by atoms with Gasteiger partial charge in [0.25, 0.3) is 0 Å². The summed E-state index contributed by atoms with van der Waals surface area (Å²) in [4.78, 5) is 0. The van der Waals surface area contributed by atoms with Crippen LogP contribution in [0.25, 0.3) is 0 Å². The normalized spacial score (nSPS) is 12.8. The molecule has 0 saturated heterocycles. The lowest BCUT2D eigenvalue weighted by Gasteiger charge is -2.12. The van der Waals surface area contributed by atoms with Gasteiger partial charge in [0.2, 0.25) is 10.0 Å². The molecule has 20 heavy (non-hydrogen) atoms. The maximum atomic E-state index is 12.1. The first kappa shape index (κ1) is 14.2. The number of H-pyrrole nitrogens is 1. The predicted octanol–water partition coefficient (Wildman–Crippen LogP) is 1.46. The van der Waals surface area contributed by atoms with E-state index in [0.717, 1.165) is 5.56 Å². The molecule has 0 radical (unpaired) electrons. The van der Waals surface area contributed by atoms with Gasteiger partial charge in [-0.05, 0) is 24.6 Å². The molecule has 2 N–H and O–H groups in total. The van der Waals surface area contributed by atoms with Crippen molar-refractivity contribution in [2.75, 3.05) is 0 Å². The van der Waals surface area contributed by atoms with Crippen molar-refractivity contribution in [3.63, 3.8) is 0 Å². The zero-order valence-corrected chi connectivity index (χ0v) is 11.7. The molecule has 1 heterocycles. The first-order chi connectivity index (χ1) is 9.50. The fraction of sp³-hybridized carbons (Fsp3) is 0.231. The molecule has 0 spiro atoms. The summed E-state index contributed by atoms with van der Waals surface area (Å²) < 4.78 is 26.7. The highest BCUT2D eigenvalue weighted by molar-refractivity contribution is 7.88. The lowest BCUT2D eigenvalue weighted by molar-refractivity contribution is 0.566. The largest absolute Gasteiger partial charge is 0.285 e. The highest BCUT2D eigenvalue weighted by Crippen LogP contribution is 2.13. The summed E-state index contributed by atoms with van der Waals surface area (Å²) in [5.74, 6) is -0.124. The number of aromatic amines is 1. The van der Waals surface area contributed by atoms with Gasteiger partial charge in [0, 0.05) is 17.8 Å². The van der Waals surface area contributed by atoms with Gasteiger partial charge in [0.15, 0.2) is 0 Å². The fourth-order valence-electron chi connectivity index (χ4n) is 1.77. The van der Waals surface area contributed by atoms with Crippen LogP contribution in [0.2, 0.25) is 0 Å². The van der Waals surface area contributed by atoms with Gasteiger partial charge in [-0.25, -0.2) is 13.1 Å². The van der Waals surface area contributed by atoms with Crippen molar-refractivity contribution >= 4 is 10.0 Å². The van der Waals surface area contributed by atoms with Gasteiger partial charge >= 0.3 is 0 Å². The van der Waals surface area contributed by atoms with Gasteiger partial charge in [0.1, 0.15) is 0 Å². The summed E-state index contributed by atoms with van der Waals surface area (Å²) in [6.45, 7) is 1.75. The molecule has 1 unspecified atom stereocenters. The molecule has 7 heteroatoms. The second kappa shape index (κ2) is 5.86. The number of benzene rings is 1. The van der Waals surface area contributed by atoms with E-state index in [2.05, 4.69) is 14.9 Å². The van der Waals surface area contributed by atoms with Crippen LogP contribution in [-0.4, -0.2) is 18.6 Å². The predicted molar refractivity (Wildman–Crippen MR) is 73.9 cm³/mol. The number of hydrogen-bond donors (Lipinski definition) is 2. The van der Waals surface area contributed by atoms with Crippen LogP contribution in [0.3, 0.4) is 0 Å². The third-order valence-electron chi connectivity index (χ3n) is 2.82. The summed E-state index contributed by atoms with van der Waals surface area (Å²) in [6.07, 6.45) is 3.23. The van der Waals surface area contributed by atoms with E-state index in [0.29, 0.717) is 11.1 Å². The number of rotatable bonds is 5. The van der Waals surface area contributed by atoms with Crippen molar-refractivity contribution in [3.05, 3.63) is 53.3 Å². The number of aromatic nitrogens is 2. The highest BCUT2D eigenvalue weighted by atomic mass is 32.2. The molecule has 0 aliphatic heterocycles. The van der Waals surface area contributed by atoms with Crippen LogP contribution in [0, 0.1) is 11.3 Å². The molecular formula is C13H14N4O2S. The summed E-state index contributed by atoms with van der Waals surface area (Å²) in [7, 11) is -3.45. The lowest BCUT2D eigenvalue weighted by atomic mass is 10.2. The fourth-order valence-corrected chi connectivity index (χ4v) is 3.16. The zero-order valence-electron chi connectivity index (χ0n) is 10.9. The average molecular weight is 290 g/mol. The molecule has 6 nitrogen and oxygen atoms in total. The van der Waals surface area contributed by atoms with Crippen LogP contribution in [0.1, 0.15) is 29.7 Å². The van der Waals surface area contributed by atoms with Crippen molar-refractivity contribution in [2.45, 2.75) is 18.7 Å². The van der Waals surface area contributed by atoms with E-state index in [-0.39, 0.29) is 11.8 Å². The van der Waals surface area contributed by atoms with Crippen molar-refractivity contribution in [3.8, 4) is 6.07 Å². The third kappa shape index (κ3) is 3.66. The van der Waals surface area contributed by atoms with Crippen molar-refractivity contribution in [1.29, 1.82) is 5.26 Å². The number of nitrogens with one attached hydrogen (secondary N) is 2. The van der Waals surface area contributed by atoms with E-state index in [1.165, 1.54) is 0 Å². The number of nitriles is 1. The van der Waals surface area contributed by atoms with E-state index in [1.807, 2.05) is 6.07 Å². The summed E-state index contributed by atoms with van der Waals surface area (Å²) in [5.41, 5.74) is 1.91. The molecule has 2 aromatic rings. The lowest BCUT2D eigenvalue weighted by Crippen LogP contribution is -2.27. The summed E-state index contributed by atoms with van der Waals surface area (Å²) in [5, 5.41) is 15.1. The van der Waals surface area contributed by atoms with Crippen molar-refractivity contribution in [1.82, 2.24) is 14.9 Å². The van der Waals surface area contributed by atoms with E-state index >= 15 is 0 Å². The maximum absolute atomic E-state index is 12.1. The van der Waals surface area contributed by atoms with Gasteiger partial charge in [-0.2, -0.15) is 10.4 Å². The minimum Gasteiger partial charge on any atom is -0.285 e. The SMILES string of the molecule is CC(NS(=O)(=O)Cc1ccc(C#N)cc1)c1cn[nH]c1. The molecule has 1 aromatic carbocycles. The minimum atomic E-state index is -3.45. The van der Waals surface area contributed by atoms with Gasteiger partial charge in [-0.3, -0.25) is 5.10 Å². The third-order valence-corrected chi connectivity index (χ3v) is 4.24. The molecule has 0 fully saturated rings. The average Bonchev–Trinajstić information content (AvgIpc) is 2.92. The molecular weight excluding hydrogens is 276 g/mol. The Labute approximate surface area is 117 Å². The maximum Gasteiger partial charge on any atom is 0.216 e. The summed E-state index contributed by atoms with van der Waals surface area (Å²) >= 11 is 0. The Morgan fingerprint density at radius 2 is 2.10 bits per heavy atom. The van der Waals surface area contributed by atoms with Crippen molar-refractivity contribution < 1.29 is 8.42 Å². The van der Waals surface area contributed by atoms with Gasteiger partial charge in [-0.15, -0.1) is 0 Å². The monoisotopic (exact) mass is 290 g/mol. The van der Waals surface area contributed by atoms with E-state index in [4.69, 9.17) is 5.26 Å². The number of sulfonamides is 1. The standard InChI is InChI=1S/C13H14N4O2S/c1-10(13-7-15-16-8-13)17-20(18,19)9-12-4-2-11(6-14)3-5-12/h2-5,7-8,10,17H,9H2,1H3,(H,15,16). The molecule has 0 amide bonds. The Kier molecular flexibility index (Phi) is 4.17. The van der Waals surface area contributed by atoms with Crippen LogP contribution in [0.15, 0.2) is 36.7 Å². The second-order valence-electron chi connectivity index (χ2n) is 4.44. The molecule has 2 rings (SSSR count). The van der Waals surface area contributed by atoms with Crippen LogP contribution in [0.5, 0.6) is 0 Å². The Morgan fingerprint density at radius 3 is 2.65 bits per heavy atom. The Hall–Kier alpha value is -2.17. The van der Waals surface area contributed by atoms with Crippen LogP contribution >= 0.6 is 0 Å². The minimum absolute atomic E-state index is 0.124.